The highest BCUT2D eigenvalue weighted by Crippen LogP contribution is 2.28. The van der Waals surface area contributed by atoms with E-state index >= 15 is 0 Å². The van der Waals surface area contributed by atoms with Gasteiger partial charge in [-0.05, 0) is 97.0 Å². The summed E-state index contributed by atoms with van der Waals surface area (Å²) in [4.78, 5) is 32.4. The molecule has 69 heavy (non-hydrogen) atoms. The van der Waals surface area contributed by atoms with Gasteiger partial charge in [-0.15, -0.1) is 0 Å². The molecule has 0 bridgehead atoms. The second kappa shape index (κ2) is 23.2. The molecule has 2 aromatic heterocycles. The van der Waals surface area contributed by atoms with Crippen molar-refractivity contribution in [2.24, 2.45) is 0 Å². The summed E-state index contributed by atoms with van der Waals surface area (Å²) in [6.07, 6.45) is 0.339. The standard InChI is InChI=1S/C27H29N5O2.C15H14O3.C12H17N5/c1-31-13-15-32(16-14-31)27-24-12-9-22(18-25(24)29-30-27)28-26(33)17-20-7-10-23(11-8-20)34-19-21-5-3-2-4-6-21;16-15(17)10-12-6-8-14(9-7-12)18-11-13-4-2-1-3-5-13;1-16-4-6-17(7-5-16)12-10-3-2-9(13)8-11(10)14-15-12/h2-12,18H,13-17,19H2,1H3,(H,28,33)(H,29,30);1-9H,10-11H2,(H,16,17);2-3,8H,4-7,13H2,1H3,(H,14,15). The number of carbonyl (C=O) groups is 2. The number of nitrogen functional groups attached to an aromatic ring is 1. The molecule has 0 radical (unpaired) electrons. The average molecular weight is 929 g/mol. The fourth-order valence-electron chi connectivity index (χ4n) is 8.08. The summed E-state index contributed by atoms with van der Waals surface area (Å²) in [6, 6.07) is 46.6. The number of nitrogens with one attached hydrogen (secondary N) is 3. The Kier molecular flexibility index (Phi) is 16.0. The van der Waals surface area contributed by atoms with E-state index < -0.39 is 5.97 Å². The Morgan fingerprint density at radius 2 is 1.01 bits per heavy atom. The van der Waals surface area contributed by atoms with Gasteiger partial charge < -0.3 is 45.2 Å². The number of fused-ring (bicyclic) bond motifs is 2. The van der Waals surface area contributed by atoms with Gasteiger partial charge in [0.2, 0.25) is 5.91 Å². The first kappa shape index (κ1) is 47.6. The molecule has 0 aliphatic carbocycles. The Labute approximate surface area is 402 Å². The summed E-state index contributed by atoms with van der Waals surface area (Å²) in [5, 5.41) is 29.0. The molecule has 1 amide bonds. The smallest absolute Gasteiger partial charge is 0.307 e. The summed E-state index contributed by atoms with van der Waals surface area (Å²) in [7, 11) is 4.30. The van der Waals surface area contributed by atoms with Gasteiger partial charge in [0.15, 0.2) is 11.6 Å². The maximum Gasteiger partial charge on any atom is 0.307 e. The number of nitrogens with two attached hydrogens (primary N) is 1. The highest BCUT2D eigenvalue weighted by atomic mass is 16.5. The number of carbonyl (C=O) groups excluding carboxylic acids is 1. The predicted molar refractivity (Wildman–Crippen MR) is 274 cm³/mol. The number of aromatic nitrogens is 4. The first-order valence-corrected chi connectivity index (χ1v) is 23.2. The van der Waals surface area contributed by atoms with Gasteiger partial charge in [0.1, 0.15) is 24.7 Å². The number of anilines is 4. The van der Waals surface area contributed by atoms with Crippen LogP contribution in [0.1, 0.15) is 22.3 Å². The Morgan fingerprint density at radius 1 is 0.565 bits per heavy atom. The van der Waals surface area contributed by atoms with E-state index in [0.717, 1.165) is 131 Å². The first-order valence-electron chi connectivity index (χ1n) is 23.2. The Bertz CT molecular complexity index is 2870. The number of hydrogen-bond acceptors (Lipinski definition) is 11. The van der Waals surface area contributed by atoms with E-state index in [2.05, 4.69) is 59.4 Å². The Balaban J connectivity index is 0.000000154. The van der Waals surface area contributed by atoms with Gasteiger partial charge in [-0.2, -0.15) is 10.2 Å². The highest BCUT2D eigenvalue weighted by Gasteiger charge is 2.20. The molecule has 10 rings (SSSR count). The molecule has 0 saturated carbocycles. The van der Waals surface area contributed by atoms with Gasteiger partial charge in [-0.1, -0.05) is 84.9 Å². The van der Waals surface area contributed by atoms with Crippen LogP contribution >= 0.6 is 0 Å². The van der Waals surface area contributed by atoms with E-state index in [1.165, 1.54) is 0 Å². The molecular weight excluding hydrogens is 869 g/mol. The van der Waals surface area contributed by atoms with Crippen molar-refractivity contribution in [1.29, 1.82) is 0 Å². The van der Waals surface area contributed by atoms with Crippen molar-refractivity contribution < 1.29 is 24.2 Å². The third-order valence-corrected chi connectivity index (χ3v) is 12.1. The normalized spacial score (nSPS) is 14.1. The number of likely N-dealkylation sites (N-methyl/N-ethyl adjacent to an activating group) is 2. The van der Waals surface area contributed by atoms with Crippen LogP contribution in [-0.2, 0) is 35.6 Å². The molecule has 6 N–H and O–H groups in total. The largest absolute Gasteiger partial charge is 0.489 e. The molecule has 0 atom stereocenters. The number of ether oxygens (including phenoxy) is 2. The molecule has 0 spiro atoms. The van der Waals surface area contributed by atoms with Gasteiger partial charge in [0.05, 0.1) is 23.9 Å². The lowest BCUT2D eigenvalue weighted by atomic mass is 10.1. The van der Waals surface area contributed by atoms with Gasteiger partial charge in [0, 0.05) is 74.5 Å². The van der Waals surface area contributed by atoms with Crippen LogP contribution in [0, 0.1) is 0 Å². The van der Waals surface area contributed by atoms with E-state index in [0.29, 0.717) is 19.6 Å². The quantitative estimate of drug-likeness (QED) is 0.0708. The summed E-state index contributed by atoms with van der Waals surface area (Å²) < 4.78 is 11.4. The van der Waals surface area contributed by atoms with Crippen LogP contribution < -0.4 is 30.3 Å². The van der Waals surface area contributed by atoms with Crippen LogP contribution in [0.15, 0.2) is 146 Å². The summed E-state index contributed by atoms with van der Waals surface area (Å²) in [6.45, 7) is 9.25. The second-order valence-corrected chi connectivity index (χ2v) is 17.4. The Morgan fingerprint density at radius 3 is 1.49 bits per heavy atom. The zero-order chi connectivity index (χ0) is 48.0. The average Bonchev–Trinajstić information content (AvgIpc) is 3.99. The number of amides is 1. The number of H-pyrrole nitrogens is 2. The lowest BCUT2D eigenvalue weighted by Gasteiger charge is -2.32. The molecule has 15 nitrogen and oxygen atoms in total. The molecule has 4 heterocycles. The number of carboxylic acid groups (broad SMARTS) is 1. The lowest BCUT2D eigenvalue weighted by Crippen LogP contribution is -2.44. The van der Waals surface area contributed by atoms with Gasteiger partial charge in [-0.25, -0.2) is 0 Å². The summed E-state index contributed by atoms with van der Waals surface area (Å²) >= 11 is 0. The van der Waals surface area contributed by atoms with Crippen molar-refractivity contribution in [2.75, 3.05) is 87.3 Å². The minimum absolute atomic E-state index is 0.0406. The molecule has 0 unspecified atom stereocenters. The van der Waals surface area contributed by atoms with Crippen molar-refractivity contribution in [3.8, 4) is 11.5 Å². The highest BCUT2D eigenvalue weighted by molar-refractivity contribution is 5.97. The minimum atomic E-state index is -0.826. The molecule has 8 aromatic rings. The molecule has 15 heteroatoms. The molecule has 2 saturated heterocycles. The van der Waals surface area contributed by atoms with E-state index in [-0.39, 0.29) is 12.3 Å². The third-order valence-electron chi connectivity index (χ3n) is 12.1. The van der Waals surface area contributed by atoms with Crippen molar-refractivity contribution in [3.05, 3.63) is 168 Å². The number of carboxylic acids is 1. The second-order valence-electron chi connectivity index (χ2n) is 17.4. The van der Waals surface area contributed by atoms with Gasteiger partial charge in [-0.3, -0.25) is 19.8 Å². The van der Waals surface area contributed by atoms with E-state index in [1.54, 1.807) is 24.3 Å². The van der Waals surface area contributed by atoms with E-state index in [1.807, 2.05) is 121 Å². The molecule has 356 valence electrons. The predicted octanol–water partition coefficient (Wildman–Crippen LogP) is 7.86. The number of piperazine rings is 2. The maximum absolute atomic E-state index is 12.6. The number of aliphatic carboxylic acids is 1. The topological polar surface area (TPSA) is 181 Å². The van der Waals surface area contributed by atoms with Crippen LogP contribution in [0.25, 0.3) is 21.8 Å². The number of nitrogens with zero attached hydrogens (tertiary/aromatic N) is 6. The van der Waals surface area contributed by atoms with Crippen LogP contribution in [-0.4, -0.2) is 114 Å². The molecule has 2 aliphatic heterocycles. The number of rotatable bonds is 13. The van der Waals surface area contributed by atoms with Crippen molar-refractivity contribution in [3.63, 3.8) is 0 Å². The van der Waals surface area contributed by atoms with Crippen LogP contribution in [0.5, 0.6) is 11.5 Å². The fraction of sp³-hybridized carbons (Fsp3) is 0.259. The van der Waals surface area contributed by atoms with Crippen molar-refractivity contribution in [1.82, 2.24) is 30.2 Å². The van der Waals surface area contributed by atoms with E-state index in [4.69, 9.17) is 20.3 Å². The fourth-order valence-corrected chi connectivity index (χ4v) is 8.08. The van der Waals surface area contributed by atoms with Gasteiger partial charge in [0.25, 0.3) is 0 Å². The third kappa shape index (κ3) is 13.6. The molecule has 6 aromatic carbocycles. The van der Waals surface area contributed by atoms with Crippen LogP contribution in [0.3, 0.4) is 0 Å². The van der Waals surface area contributed by atoms with Crippen molar-refractivity contribution in [2.45, 2.75) is 26.1 Å². The van der Waals surface area contributed by atoms with E-state index in [9.17, 15) is 9.59 Å². The van der Waals surface area contributed by atoms with Gasteiger partial charge >= 0.3 is 5.97 Å². The molecule has 2 fully saturated rings. The molecule has 2 aliphatic rings. The number of benzene rings is 6. The number of hydrogen-bond donors (Lipinski definition) is 5. The Hall–Kier alpha value is -7.88. The first-order chi connectivity index (χ1) is 33.6. The van der Waals surface area contributed by atoms with Crippen molar-refractivity contribution >= 4 is 56.7 Å². The summed E-state index contributed by atoms with van der Waals surface area (Å²) in [5.41, 5.74) is 13.2. The monoisotopic (exact) mass is 928 g/mol. The van der Waals surface area contributed by atoms with Crippen LogP contribution in [0.4, 0.5) is 23.0 Å². The molecular formula is C54H60N10O5. The zero-order valence-corrected chi connectivity index (χ0v) is 39.2. The number of aromatic amines is 2. The summed E-state index contributed by atoms with van der Waals surface area (Å²) in [5.74, 6) is 2.68. The lowest BCUT2D eigenvalue weighted by molar-refractivity contribution is -0.136. The zero-order valence-electron chi connectivity index (χ0n) is 39.2. The SMILES string of the molecule is CN1CCN(c2n[nH]c3cc(N)ccc23)CC1.CN1CCN(c2n[nH]c3cc(NC(=O)Cc4ccc(OCc5ccccc5)cc4)ccc23)CC1.O=C(O)Cc1ccc(OCc2ccccc2)cc1. The minimum Gasteiger partial charge on any atom is -0.489 e. The maximum atomic E-state index is 12.6. The van der Waals surface area contributed by atoms with Crippen LogP contribution in [0.2, 0.25) is 0 Å².